The number of aliphatic hydroxyl groups excluding tert-OH is 1. The molecule has 0 spiro atoms. The first-order valence-electron chi connectivity index (χ1n) is 10.5. The molecule has 1 aliphatic rings. The van der Waals surface area contributed by atoms with E-state index in [1.54, 1.807) is 30.4 Å². The molecule has 7 heteroatoms. The summed E-state index contributed by atoms with van der Waals surface area (Å²) >= 11 is 7.71. The van der Waals surface area contributed by atoms with E-state index < -0.39 is 6.10 Å². The number of hydrogen-bond donors (Lipinski definition) is 1. The van der Waals surface area contributed by atoms with Crippen LogP contribution in [0.3, 0.4) is 0 Å². The second kappa shape index (κ2) is 10.6. The van der Waals surface area contributed by atoms with Gasteiger partial charge in [0.2, 0.25) is 5.91 Å². The molecule has 1 aliphatic heterocycles. The number of carbonyl (C=O) groups excluding carboxylic acids is 1. The Hall–Kier alpha value is -1.60. The van der Waals surface area contributed by atoms with Crippen LogP contribution < -0.4 is 4.74 Å². The molecular formula is C23H31ClN2O3S. The fraction of sp³-hybridized carbons (Fsp3) is 0.522. The van der Waals surface area contributed by atoms with Crippen LogP contribution in [0.25, 0.3) is 0 Å². The van der Waals surface area contributed by atoms with E-state index in [9.17, 15) is 9.90 Å². The number of carbonyl (C=O) groups is 1. The molecule has 0 bridgehead atoms. The Morgan fingerprint density at radius 3 is 2.67 bits per heavy atom. The number of thiophene rings is 1. The van der Waals surface area contributed by atoms with Crippen molar-refractivity contribution in [1.29, 1.82) is 0 Å². The van der Waals surface area contributed by atoms with Crippen LogP contribution in [-0.4, -0.2) is 59.7 Å². The average Bonchev–Trinajstić information content (AvgIpc) is 3.15. The lowest BCUT2D eigenvalue weighted by atomic mass is 10.0. The number of halogens is 1. The van der Waals surface area contributed by atoms with Crippen LogP contribution in [0.15, 0.2) is 35.7 Å². The second-order valence-electron chi connectivity index (χ2n) is 8.35. The average molecular weight is 451 g/mol. The van der Waals surface area contributed by atoms with Crippen molar-refractivity contribution >= 4 is 28.8 Å². The summed E-state index contributed by atoms with van der Waals surface area (Å²) in [4.78, 5) is 18.6. The third-order valence-electron chi connectivity index (χ3n) is 5.14. The van der Waals surface area contributed by atoms with Crippen molar-refractivity contribution in [2.24, 2.45) is 5.92 Å². The third kappa shape index (κ3) is 6.20. The maximum absolute atomic E-state index is 13.3. The summed E-state index contributed by atoms with van der Waals surface area (Å²) in [6.07, 6.45) is 0.405. The number of fused-ring (bicyclic) bond motifs is 1. The lowest BCUT2D eigenvalue weighted by Gasteiger charge is -2.37. The molecule has 0 unspecified atom stereocenters. The summed E-state index contributed by atoms with van der Waals surface area (Å²) < 4.78 is 6.04. The van der Waals surface area contributed by atoms with E-state index in [2.05, 4.69) is 30.2 Å². The molecule has 1 aromatic heterocycles. The molecule has 0 saturated heterocycles. The maximum Gasteiger partial charge on any atom is 0.237 e. The molecule has 30 heavy (non-hydrogen) atoms. The standard InChI is InChI=1S/C23H31ClN2O3S/c1-16(2)12-25(13-17(3)27)14-23(28)26-10-8-22-20(9-11-30-22)21(26)15-29-19-6-4-18(24)5-7-19/h4-7,9,11,16-17,21,27H,8,10,12-15H2,1-3H3/t17-,21+/m0/s1. The van der Waals surface area contributed by atoms with E-state index in [4.69, 9.17) is 16.3 Å². The molecule has 1 N–H and O–H groups in total. The van der Waals surface area contributed by atoms with Crippen LogP contribution in [0, 0.1) is 5.92 Å². The first kappa shape index (κ1) is 23.1. The third-order valence-corrected chi connectivity index (χ3v) is 6.39. The van der Waals surface area contributed by atoms with Crippen LogP contribution in [-0.2, 0) is 11.2 Å². The van der Waals surface area contributed by atoms with E-state index in [-0.39, 0.29) is 11.9 Å². The lowest BCUT2D eigenvalue weighted by Crippen LogP contribution is -2.48. The van der Waals surface area contributed by atoms with Gasteiger partial charge in [-0.2, -0.15) is 0 Å². The van der Waals surface area contributed by atoms with Gasteiger partial charge in [0.05, 0.1) is 18.7 Å². The van der Waals surface area contributed by atoms with Crippen molar-refractivity contribution in [3.63, 3.8) is 0 Å². The molecule has 1 amide bonds. The minimum atomic E-state index is -0.467. The summed E-state index contributed by atoms with van der Waals surface area (Å²) in [5, 5.41) is 12.6. The molecule has 0 saturated carbocycles. The Morgan fingerprint density at radius 2 is 2.00 bits per heavy atom. The highest BCUT2D eigenvalue weighted by Gasteiger charge is 2.33. The number of benzene rings is 1. The number of hydrogen-bond acceptors (Lipinski definition) is 5. The first-order valence-corrected chi connectivity index (χ1v) is 11.7. The van der Waals surface area contributed by atoms with Crippen molar-refractivity contribution in [3.05, 3.63) is 51.2 Å². The van der Waals surface area contributed by atoms with Crippen molar-refractivity contribution in [2.45, 2.75) is 39.3 Å². The molecule has 164 valence electrons. The topological polar surface area (TPSA) is 53.0 Å². The number of rotatable bonds is 9. The van der Waals surface area contributed by atoms with Gasteiger partial charge in [0, 0.05) is 29.5 Å². The Bertz CT molecular complexity index is 812. The summed E-state index contributed by atoms with van der Waals surface area (Å²) in [7, 11) is 0. The van der Waals surface area contributed by atoms with Gasteiger partial charge in [-0.15, -0.1) is 11.3 Å². The van der Waals surface area contributed by atoms with E-state index in [0.717, 1.165) is 18.7 Å². The Labute approximate surface area is 188 Å². The van der Waals surface area contributed by atoms with Crippen molar-refractivity contribution in [1.82, 2.24) is 9.80 Å². The molecule has 0 fully saturated rings. The summed E-state index contributed by atoms with van der Waals surface area (Å²) in [5.41, 5.74) is 1.18. The maximum atomic E-state index is 13.3. The predicted octanol–water partition coefficient (Wildman–Crippen LogP) is 4.25. The quantitative estimate of drug-likeness (QED) is 0.620. The van der Waals surface area contributed by atoms with Gasteiger partial charge >= 0.3 is 0 Å². The van der Waals surface area contributed by atoms with Crippen LogP contribution in [0.1, 0.15) is 37.3 Å². The summed E-state index contributed by atoms with van der Waals surface area (Å²) in [6.45, 7) is 8.68. The largest absolute Gasteiger partial charge is 0.491 e. The van der Waals surface area contributed by atoms with E-state index in [1.165, 1.54) is 10.4 Å². The highest BCUT2D eigenvalue weighted by Crippen LogP contribution is 2.34. The van der Waals surface area contributed by atoms with E-state index in [1.807, 2.05) is 17.0 Å². The number of nitrogens with zero attached hydrogens (tertiary/aromatic N) is 2. The van der Waals surface area contributed by atoms with Gasteiger partial charge in [-0.1, -0.05) is 25.4 Å². The zero-order valence-corrected chi connectivity index (χ0v) is 19.5. The van der Waals surface area contributed by atoms with Crippen LogP contribution in [0.2, 0.25) is 5.02 Å². The first-order chi connectivity index (χ1) is 14.3. The molecular weight excluding hydrogens is 420 g/mol. The number of aliphatic hydroxyl groups is 1. The van der Waals surface area contributed by atoms with Crippen LogP contribution in [0.5, 0.6) is 5.75 Å². The van der Waals surface area contributed by atoms with Gasteiger partial charge in [0.25, 0.3) is 0 Å². The highest BCUT2D eigenvalue weighted by molar-refractivity contribution is 7.10. The van der Waals surface area contributed by atoms with Gasteiger partial charge < -0.3 is 14.7 Å². The Balaban J connectivity index is 1.73. The summed E-state index contributed by atoms with van der Waals surface area (Å²) in [5.74, 6) is 1.24. The fourth-order valence-corrected chi connectivity index (χ4v) is 5.01. The van der Waals surface area contributed by atoms with E-state index >= 15 is 0 Å². The molecule has 0 radical (unpaired) electrons. The van der Waals surface area contributed by atoms with Crippen molar-refractivity contribution in [3.8, 4) is 5.75 Å². The van der Waals surface area contributed by atoms with Gasteiger partial charge in [-0.25, -0.2) is 0 Å². The molecule has 1 aromatic carbocycles. The number of ether oxygens (including phenoxy) is 1. The smallest absolute Gasteiger partial charge is 0.237 e. The number of amides is 1. The predicted molar refractivity (Wildman–Crippen MR) is 122 cm³/mol. The Morgan fingerprint density at radius 1 is 1.27 bits per heavy atom. The Kier molecular flexibility index (Phi) is 8.17. The SMILES string of the molecule is CC(C)CN(CC(=O)N1CCc2sccc2[C@H]1COc1ccc(Cl)cc1)C[C@H](C)O. The van der Waals surface area contributed by atoms with Gasteiger partial charge in [-0.05, 0) is 60.5 Å². The molecule has 2 aromatic rings. The highest BCUT2D eigenvalue weighted by atomic mass is 35.5. The van der Waals surface area contributed by atoms with Crippen molar-refractivity contribution in [2.75, 3.05) is 32.8 Å². The van der Waals surface area contributed by atoms with Gasteiger partial charge in [-0.3, -0.25) is 9.69 Å². The van der Waals surface area contributed by atoms with Gasteiger partial charge in [0.15, 0.2) is 0 Å². The molecule has 5 nitrogen and oxygen atoms in total. The molecule has 3 rings (SSSR count). The summed E-state index contributed by atoms with van der Waals surface area (Å²) in [6, 6.07) is 9.29. The zero-order chi connectivity index (χ0) is 21.7. The molecule has 2 heterocycles. The van der Waals surface area contributed by atoms with Gasteiger partial charge in [0.1, 0.15) is 12.4 Å². The fourth-order valence-electron chi connectivity index (χ4n) is 3.96. The monoisotopic (exact) mass is 450 g/mol. The lowest BCUT2D eigenvalue weighted by molar-refractivity contribution is -0.136. The zero-order valence-electron chi connectivity index (χ0n) is 17.9. The van der Waals surface area contributed by atoms with Crippen LogP contribution >= 0.6 is 22.9 Å². The van der Waals surface area contributed by atoms with E-state index in [0.29, 0.717) is 37.2 Å². The van der Waals surface area contributed by atoms with Crippen LogP contribution in [0.4, 0.5) is 0 Å². The normalized spacial score (nSPS) is 17.3. The molecule has 0 aliphatic carbocycles. The second-order valence-corrected chi connectivity index (χ2v) is 9.79. The minimum absolute atomic E-state index is 0.0813. The minimum Gasteiger partial charge on any atom is -0.491 e. The molecule has 2 atom stereocenters. The van der Waals surface area contributed by atoms with Crippen molar-refractivity contribution < 1.29 is 14.6 Å².